The molecule has 0 spiro atoms. The third-order valence-corrected chi connectivity index (χ3v) is 5.64. The molecule has 2 atom stereocenters. The molecule has 4 heteroatoms. The second kappa shape index (κ2) is 5.47. The van der Waals surface area contributed by atoms with E-state index in [1.807, 2.05) is 6.92 Å². The van der Waals surface area contributed by atoms with Gasteiger partial charge in [0.1, 0.15) is 11.6 Å². The summed E-state index contributed by atoms with van der Waals surface area (Å²) in [6.45, 7) is 6.18. The number of nitrogens with one attached hydrogen (secondary N) is 1. The second-order valence-electron chi connectivity index (χ2n) is 7.01. The Kier molecular flexibility index (Phi) is 3.80. The van der Waals surface area contributed by atoms with Crippen molar-refractivity contribution in [1.29, 1.82) is 0 Å². The van der Waals surface area contributed by atoms with E-state index >= 15 is 0 Å². The first-order valence-electron chi connectivity index (χ1n) is 8.32. The van der Waals surface area contributed by atoms with Gasteiger partial charge in [0.25, 0.3) is 0 Å². The predicted octanol–water partition coefficient (Wildman–Crippen LogP) is 2.25. The number of hydrogen-bond acceptors (Lipinski definition) is 2. The molecule has 3 fully saturated rings. The normalized spacial score (nSPS) is 34.7. The van der Waals surface area contributed by atoms with Gasteiger partial charge in [-0.25, -0.2) is 0 Å². The van der Waals surface area contributed by atoms with Crippen molar-refractivity contribution in [3.63, 3.8) is 0 Å². The lowest BCUT2D eigenvalue weighted by Crippen LogP contribution is -2.71. The van der Waals surface area contributed by atoms with Crippen LogP contribution in [0.25, 0.3) is 0 Å². The Morgan fingerprint density at radius 1 is 1.24 bits per heavy atom. The molecule has 1 N–H and O–H groups in total. The molecule has 2 aliphatic carbocycles. The number of carbonyl (C=O) groups is 2. The highest BCUT2D eigenvalue weighted by Crippen LogP contribution is 2.45. The molecule has 2 unspecified atom stereocenters. The van der Waals surface area contributed by atoms with Gasteiger partial charge in [-0.15, -0.1) is 6.58 Å². The van der Waals surface area contributed by atoms with Crippen molar-refractivity contribution < 1.29 is 9.59 Å². The fourth-order valence-electron chi connectivity index (χ4n) is 4.12. The average Bonchev–Trinajstić information content (AvgIpc) is 3.33. The van der Waals surface area contributed by atoms with Gasteiger partial charge in [0, 0.05) is 6.54 Å². The summed E-state index contributed by atoms with van der Waals surface area (Å²) in [5, 5.41) is 3.07. The van der Waals surface area contributed by atoms with E-state index in [0.29, 0.717) is 18.4 Å². The number of nitrogens with zero attached hydrogens (tertiary/aromatic N) is 1. The minimum Gasteiger partial charge on any atom is -0.342 e. The third kappa shape index (κ3) is 2.39. The van der Waals surface area contributed by atoms with Crippen LogP contribution in [0.15, 0.2) is 12.7 Å². The summed E-state index contributed by atoms with van der Waals surface area (Å²) in [6, 6.07) is -0.315. The van der Waals surface area contributed by atoms with Crippen molar-refractivity contribution in [3.05, 3.63) is 12.7 Å². The van der Waals surface area contributed by atoms with Crippen molar-refractivity contribution in [3.8, 4) is 0 Å². The van der Waals surface area contributed by atoms with Gasteiger partial charge in [0.15, 0.2) is 0 Å². The van der Waals surface area contributed by atoms with Crippen LogP contribution in [-0.4, -0.2) is 34.8 Å². The van der Waals surface area contributed by atoms with Crippen LogP contribution in [0, 0.1) is 11.8 Å². The maximum absolute atomic E-state index is 13.0. The molecule has 1 saturated heterocycles. The van der Waals surface area contributed by atoms with Crippen molar-refractivity contribution >= 4 is 11.8 Å². The van der Waals surface area contributed by atoms with Gasteiger partial charge in [-0.1, -0.05) is 25.3 Å². The number of rotatable bonds is 4. The van der Waals surface area contributed by atoms with E-state index in [1.54, 1.807) is 11.0 Å². The summed E-state index contributed by atoms with van der Waals surface area (Å²) in [5.41, 5.74) is -0.670. The number of carbonyl (C=O) groups excluding carboxylic acids is 2. The summed E-state index contributed by atoms with van der Waals surface area (Å²) in [6.07, 6.45) is 9.53. The monoisotopic (exact) mass is 290 g/mol. The fourth-order valence-corrected chi connectivity index (χ4v) is 4.12. The summed E-state index contributed by atoms with van der Waals surface area (Å²) in [5.74, 6) is 0.776. The van der Waals surface area contributed by atoms with Crippen LogP contribution in [0.5, 0.6) is 0 Å². The molecule has 2 amide bonds. The Hall–Kier alpha value is -1.32. The van der Waals surface area contributed by atoms with Crippen LogP contribution in [-0.2, 0) is 9.59 Å². The zero-order valence-electron chi connectivity index (χ0n) is 12.9. The standard InChI is InChI=1S/C17H26N2O2/c1-3-11-19-15(20)14(12-7-5-4-6-8-12)18-16(21)17(19,2)13-9-10-13/h3,12-14H,1,4-11H2,2H3,(H,18,21). The lowest BCUT2D eigenvalue weighted by Gasteiger charge is -2.48. The smallest absolute Gasteiger partial charge is 0.246 e. The van der Waals surface area contributed by atoms with Crippen LogP contribution in [0.4, 0.5) is 0 Å². The Bertz CT molecular complexity index is 452. The summed E-state index contributed by atoms with van der Waals surface area (Å²) >= 11 is 0. The highest BCUT2D eigenvalue weighted by Gasteiger charge is 2.57. The SMILES string of the molecule is C=CCN1C(=O)C(C2CCCCC2)NC(=O)C1(C)C1CC1. The van der Waals surface area contributed by atoms with Crippen molar-refractivity contribution in [2.45, 2.75) is 63.5 Å². The Labute approximate surface area is 127 Å². The molecule has 2 saturated carbocycles. The Morgan fingerprint density at radius 2 is 1.90 bits per heavy atom. The van der Waals surface area contributed by atoms with Gasteiger partial charge in [0.05, 0.1) is 0 Å². The van der Waals surface area contributed by atoms with Crippen LogP contribution < -0.4 is 5.32 Å². The van der Waals surface area contributed by atoms with Crippen LogP contribution in [0.2, 0.25) is 0 Å². The van der Waals surface area contributed by atoms with E-state index in [4.69, 9.17) is 0 Å². The molecule has 0 radical (unpaired) electrons. The lowest BCUT2D eigenvalue weighted by atomic mass is 9.79. The van der Waals surface area contributed by atoms with E-state index in [2.05, 4.69) is 11.9 Å². The van der Waals surface area contributed by atoms with Crippen LogP contribution in [0.3, 0.4) is 0 Å². The molecule has 21 heavy (non-hydrogen) atoms. The number of hydrogen-bond donors (Lipinski definition) is 1. The molecule has 0 aromatic carbocycles. The molecule has 0 bridgehead atoms. The van der Waals surface area contributed by atoms with Crippen molar-refractivity contribution in [2.75, 3.05) is 6.54 Å². The zero-order valence-corrected chi connectivity index (χ0v) is 12.9. The molecule has 3 rings (SSSR count). The molecule has 4 nitrogen and oxygen atoms in total. The first-order valence-corrected chi connectivity index (χ1v) is 8.32. The third-order valence-electron chi connectivity index (χ3n) is 5.64. The molecular formula is C17H26N2O2. The number of amides is 2. The largest absolute Gasteiger partial charge is 0.342 e. The molecule has 1 aliphatic heterocycles. The van der Waals surface area contributed by atoms with E-state index < -0.39 is 5.54 Å². The average molecular weight is 290 g/mol. The van der Waals surface area contributed by atoms with Gasteiger partial charge >= 0.3 is 0 Å². The van der Waals surface area contributed by atoms with Crippen LogP contribution in [0.1, 0.15) is 51.9 Å². The summed E-state index contributed by atoms with van der Waals surface area (Å²) in [7, 11) is 0. The second-order valence-corrected chi connectivity index (χ2v) is 7.01. The van der Waals surface area contributed by atoms with Gasteiger partial charge in [-0.3, -0.25) is 9.59 Å². The van der Waals surface area contributed by atoms with E-state index in [1.165, 1.54) is 19.3 Å². The first-order chi connectivity index (χ1) is 10.1. The molecule has 0 aromatic heterocycles. The zero-order chi connectivity index (χ0) is 15.0. The van der Waals surface area contributed by atoms with Crippen molar-refractivity contribution in [2.24, 2.45) is 11.8 Å². The molecule has 0 aromatic rings. The van der Waals surface area contributed by atoms with Gasteiger partial charge in [0.2, 0.25) is 11.8 Å². The Balaban J connectivity index is 1.85. The molecule has 116 valence electrons. The highest BCUT2D eigenvalue weighted by molar-refractivity contribution is 6.00. The maximum atomic E-state index is 13.0. The van der Waals surface area contributed by atoms with E-state index in [9.17, 15) is 9.59 Å². The fraction of sp³-hybridized carbons (Fsp3) is 0.765. The Morgan fingerprint density at radius 3 is 2.48 bits per heavy atom. The van der Waals surface area contributed by atoms with E-state index in [-0.39, 0.29) is 17.9 Å². The minimum atomic E-state index is -0.670. The van der Waals surface area contributed by atoms with Gasteiger partial charge in [-0.05, 0) is 44.4 Å². The summed E-state index contributed by atoms with van der Waals surface area (Å²) in [4.78, 5) is 27.5. The van der Waals surface area contributed by atoms with Gasteiger partial charge < -0.3 is 10.2 Å². The van der Waals surface area contributed by atoms with E-state index in [0.717, 1.165) is 25.7 Å². The topological polar surface area (TPSA) is 49.4 Å². The first kappa shape index (κ1) is 14.6. The summed E-state index contributed by atoms with van der Waals surface area (Å²) < 4.78 is 0. The minimum absolute atomic E-state index is 0.0435. The molecular weight excluding hydrogens is 264 g/mol. The lowest BCUT2D eigenvalue weighted by molar-refractivity contribution is -0.159. The quantitative estimate of drug-likeness (QED) is 0.807. The number of piperazine rings is 1. The molecule has 1 heterocycles. The van der Waals surface area contributed by atoms with Gasteiger partial charge in [-0.2, -0.15) is 0 Å². The highest BCUT2D eigenvalue weighted by atomic mass is 16.2. The predicted molar refractivity (Wildman–Crippen MR) is 81.5 cm³/mol. The maximum Gasteiger partial charge on any atom is 0.246 e. The molecule has 3 aliphatic rings. The van der Waals surface area contributed by atoms with Crippen LogP contribution >= 0.6 is 0 Å². The van der Waals surface area contributed by atoms with Crippen molar-refractivity contribution in [1.82, 2.24) is 10.2 Å².